The van der Waals surface area contributed by atoms with Gasteiger partial charge in [0.2, 0.25) is 0 Å². The SMILES string of the molecule is O=C1/C(=C/N(c2ccccc2)c2ccccc2)CCCC1(Cc1ccccc1)c1ccc(F)cc1. The van der Waals surface area contributed by atoms with Crippen molar-refractivity contribution < 1.29 is 9.18 Å². The van der Waals surface area contributed by atoms with Crippen LogP contribution in [0.25, 0.3) is 0 Å². The quantitative estimate of drug-likeness (QED) is 0.273. The van der Waals surface area contributed by atoms with Gasteiger partial charge in [0.1, 0.15) is 5.82 Å². The molecule has 1 unspecified atom stereocenters. The van der Waals surface area contributed by atoms with Gasteiger partial charge in [-0.25, -0.2) is 4.39 Å². The topological polar surface area (TPSA) is 20.3 Å². The summed E-state index contributed by atoms with van der Waals surface area (Å²) < 4.78 is 13.8. The van der Waals surface area contributed by atoms with Crippen molar-refractivity contribution in [1.29, 1.82) is 0 Å². The minimum atomic E-state index is -0.724. The molecule has 5 rings (SSSR count). The largest absolute Gasteiger partial charge is 0.317 e. The highest BCUT2D eigenvalue weighted by Crippen LogP contribution is 2.42. The number of carbonyl (C=O) groups is 1. The minimum Gasteiger partial charge on any atom is -0.317 e. The van der Waals surface area contributed by atoms with E-state index in [4.69, 9.17) is 0 Å². The Morgan fingerprint density at radius 3 is 1.86 bits per heavy atom. The second-order valence-electron chi connectivity index (χ2n) is 9.13. The van der Waals surface area contributed by atoms with Crippen LogP contribution in [-0.4, -0.2) is 5.78 Å². The Hall–Kier alpha value is -3.98. The van der Waals surface area contributed by atoms with E-state index in [0.717, 1.165) is 40.9 Å². The number of hydrogen-bond acceptors (Lipinski definition) is 2. The highest BCUT2D eigenvalue weighted by Gasteiger charge is 2.44. The number of hydrogen-bond donors (Lipinski definition) is 0. The Morgan fingerprint density at radius 2 is 1.29 bits per heavy atom. The fourth-order valence-electron chi connectivity index (χ4n) is 5.13. The van der Waals surface area contributed by atoms with Crippen LogP contribution < -0.4 is 4.90 Å². The summed E-state index contributed by atoms with van der Waals surface area (Å²) in [5.74, 6) is -0.168. The zero-order chi connectivity index (χ0) is 24.1. The summed E-state index contributed by atoms with van der Waals surface area (Å²) in [6.07, 6.45) is 4.94. The van der Waals surface area contributed by atoms with Crippen LogP contribution in [0.1, 0.15) is 30.4 Å². The van der Waals surface area contributed by atoms with Gasteiger partial charge in [-0.1, -0.05) is 78.9 Å². The number of allylic oxidation sites excluding steroid dienone is 1. The van der Waals surface area contributed by atoms with Crippen LogP contribution in [0.15, 0.2) is 127 Å². The number of benzene rings is 4. The van der Waals surface area contributed by atoms with E-state index in [1.807, 2.05) is 60.8 Å². The molecule has 1 saturated carbocycles. The van der Waals surface area contributed by atoms with Crippen LogP contribution in [0, 0.1) is 5.82 Å². The van der Waals surface area contributed by atoms with Crippen molar-refractivity contribution in [3.8, 4) is 0 Å². The second kappa shape index (κ2) is 10.1. The number of para-hydroxylation sites is 2. The van der Waals surface area contributed by atoms with Gasteiger partial charge in [0.05, 0.1) is 5.41 Å². The van der Waals surface area contributed by atoms with Gasteiger partial charge in [0.15, 0.2) is 5.78 Å². The number of rotatable bonds is 6. The van der Waals surface area contributed by atoms with Gasteiger partial charge in [0, 0.05) is 23.1 Å². The number of halogens is 1. The molecule has 0 aliphatic heterocycles. The van der Waals surface area contributed by atoms with Gasteiger partial charge in [-0.2, -0.15) is 0 Å². The molecule has 1 aliphatic carbocycles. The van der Waals surface area contributed by atoms with Crippen molar-refractivity contribution >= 4 is 17.2 Å². The van der Waals surface area contributed by atoms with Gasteiger partial charge in [-0.3, -0.25) is 4.79 Å². The molecule has 0 heterocycles. The smallest absolute Gasteiger partial charge is 0.171 e. The van der Waals surface area contributed by atoms with Crippen LogP contribution in [0.4, 0.5) is 15.8 Å². The number of Topliss-reactive ketones (excluding diaryl/α,β-unsaturated/α-hetero) is 1. The molecule has 0 bridgehead atoms. The molecule has 0 aromatic heterocycles. The average Bonchev–Trinajstić information content (AvgIpc) is 2.91. The summed E-state index contributed by atoms with van der Waals surface area (Å²) in [5, 5.41) is 0. The molecule has 0 radical (unpaired) electrons. The monoisotopic (exact) mass is 461 g/mol. The lowest BCUT2D eigenvalue weighted by atomic mass is 9.64. The first-order valence-electron chi connectivity index (χ1n) is 12.1. The van der Waals surface area contributed by atoms with Crippen molar-refractivity contribution in [2.45, 2.75) is 31.1 Å². The molecule has 4 aromatic carbocycles. The molecule has 35 heavy (non-hydrogen) atoms. The lowest BCUT2D eigenvalue weighted by Gasteiger charge is -2.38. The van der Waals surface area contributed by atoms with Gasteiger partial charge < -0.3 is 4.90 Å². The van der Waals surface area contributed by atoms with Crippen molar-refractivity contribution in [3.05, 3.63) is 144 Å². The Bertz CT molecular complexity index is 1260. The zero-order valence-electron chi connectivity index (χ0n) is 19.6. The summed E-state index contributed by atoms with van der Waals surface area (Å²) in [5.41, 5.74) is 4.06. The molecule has 4 aromatic rings. The third-order valence-electron chi connectivity index (χ3n) is 6.88. The van der Waals surface area contributed by atoms with Gasteiger partial charge in [-0.15, -0.1) is 0 Å². The van der Waals surface area contributed by atoms with E-state index in [1.54, 1.807) is 12.1 Å². The fourth-order valence-corrected chi connectivity index (χ4v) is 5.13. The summed E-state index contributed by atoms with van der Waals surface area (Å²) in [6.45, 7) is 0. The molecule has 174 valence electrons. The van der Waals surface area contributed by atoms with Crippen LogP contribution in [-0.2, 0) is 16.6 Å². The fraction of sp³-hybridized carbons (Fsp3) is 0.156. The second-order valence-corrected chi connectivity index (χ2v) is 9.13. The molecule has 1 aliphatic rings. The number of anilines is 2. The van der Waals surface area contributed by atoms with Gasteiger partial charge >= 0.3 is 0 Å². The van der Waals surface area contributed by atoms with Crippen molar-refractivity contribution in [2.75, 3.05) is 4.90 Å². The third-order valence-corrected chi connectivity index (χ3v) is 6.88. The summed E-state index contributed by atoms with van der Waals surface area (Å²) in [4.78, 5) is 16.4. The van der Waals surface area contributed by atoms with Gasteiger partial charge in [0.25, 0.3) is 0 Å². The summed E-state index contributed by atoms with van der Waals surface area (Å²) in [7, 11) is 0. The predicted molar refractivity (Wildman–Crippen MR) is 140 cm³/mol. The van der Waals surface area contributed by atoms with Gasteiger partial charge in [-0.05, 0) is 73.2 Å². The van der Waals surface area contributed by atoms with Crippen molar-refractivity contribution in [1.82, 2.24) is 0 Å². The van der Waals surface area contributed by atoms with E-state index >= 15 is 0 Å². The van der Waals surface area contributed by atoms with E-state index in [0.29, 0.717) is 12.8 Å². The van der Waals surface area contributed by atoms with Crippen molar-refractivity contribution in [3.63, 3.8) is 0 Å². The molecule has 2 nitrogen and oxygen atoms in total. The predicted octanol–water partition coefficient (Wildman–Crippen LogP) is 7.78. The molecule has 1 fully saturated rings. The summed E-state index contributed by atoms with van der Waals surface area (Å²) >= 11 is 0. The number of ketones is 1. The normalized spacial score (nSPS) is 19.0. The molecule has 0 spiro atoms. The molecular weight excluding hydrogens is 433 g/mol. The van der Waals surface area contributed by atoms with E-state index in [2.05, 4.69) is 41.3 Å². The van der Waals surface area contributed by atoms with E-state index in [1.165, 1.54) is 12.1 Å². The summed E-state index contributed by atoms with van der Waals surface area (Å²) in [6, 6.07) is 36.8. The molecule has 0 amide bonds. The minimum absolute atomic E-state index is 0.121. The first-order chi connectivity index (χ1) is 17.2. The molecule has 1 atom stereocenters. The maximum atomic E-state index is 14.3. The third kappa shape index (κ3) is 4.81. The maximum absolute atomic E-state index is 14.3. The lowest BCUT2D eigenvalue weighted by molar-refractivity contribution is -0.122. The van der Waals surface area contributed by atoms with E-state index in [-0.39, 0.29) is 11.6 Å². The Balaban J connectivity index is 1.60. The van der Waals surface area contributed by atoms with Crippen LogP contribution in [0.3, 0.4) is 0 Å². The highest BCUT2D eigenvalue weighted by atomic mass is 19.1. The lowest BCUT2D eigenvalue weighted by Crippen LogP contribution is -2.42. The first-order valence-corrected chi connectivity index (χ1v) is 12.1. The van der Waals surface area contributed by atoms with Crippen molar-refractivity contribution in [2.24, 2.45) is 0 Å². The molecular formula is C32H28FNO. The van der Waals surface area contributed by atoms with Crippen LogP contribution in [0.2, 0.25) is 0 Å². The molecule has 0 N–H and O–H groups in total. The Kier molecular flexibility index (Phi) is 6.58. The molecule has 0 saturated heterocycles. The number of carbonyl (C=O) groups excluding carboxylic acids is 1. The average molecular weight is 462 g/mol. The van der Waals surface area contributed by atoms with E-state index in [9.17, 15) is 9.18 Å². The van der Waals surface area contributed by atoms with E-state index < -0.39 is 5.41 Å². The number of nitrogens with zero attached hydrogens (tertiary/aromatic N) is 1. The standard InChI is InChI=1S/C32H28FNO/c33-28-20-18-27(19-21-28)32(23-25-11-4-1-5-12-25)22-10-13-26(31(32)35)24-34(29-14-6-2-7-15-29)30-16-8-3-9-17-30/h1-9,11-12,14-21,24H,10,13,22-23H2/b26-24+. The zero-order valence-corrected chi connectivity index (χ0v) is 19.6. The highest BCUT2D eigenvalue weighted by molar-refractivity contribution is 6.05. The Morgan fingerprint density at radius 1 is 0.743 bits per heavy atom. The first kappa shape index (κ1) is 22.8. The Labute approximate surface area is 206 Å². The van der Waals surface area contributed by atoms with Crippen LogP contribution >= 0.6 is 0 Å². The maximum Gasteiger partial charge on any atom is 0.171 e. The van der Waals surface area contributed by atoms with Crippen LogP contribution in [0.5, 0.6) is 0 Å². The molecule has 3 heteroatoms.